The first-order chi connectivity index (χ1) is 8.83. The van der Waals surface area contributed by atoms with Crippen LogP contribution in [0.1, 0.15) is 29.4 Å². The van der Waals surface area contributed by atoms with Crippen molar-refractivity contribution in [1.29, 1.82) is 5.26 Å². The van der Waals surface area contributed by atoms with Crippen molar-refractivity contribution in [2.24, 2.45) is 0 Å². The SMILES string of the molecule is CCCS(=O)(=O)c1cc(C(=O)N(C)C)cnc1C#N. The van der Waals surface area contributed by atoms with Gasteiger partial charge in [-0.3, -0.25) is 4.79 Å². The van der Waals surface area contributed by atoms with Crippen LogP contribution in [-0.2, 0) is 9.84 Å². The fourth-order valence-electron chi connectivity index (χ4n) is 1.52. The quantitative estimate of drug-likeness (QED) is 0.815. The highest BCUT2D eigenvalue weighted by Gasteiger charge is 2.21. The Kier molecular flexibility index (Phi) is 4.62. The number of nitrogens with zero attached hydrogens (tertiary/aromatic N) is 3. The lowest BCUT2D eigenvalue weighted by molar-refractivity contribution is 0.0827. The van der Waals surface area contributed by atoms with Crippen molar-refractivity contribution in [3.8, 4) is 6.07 Å². The van der Waals surface area contributed by atoms with E-state index in [2.05, 4.69) is 4.98 Å². The van der Waals surface area contributed by atoms with E-state index in [1.54, 1.807) is 27.1 Å². The normalized spacial score (nSPS) is 10.8. The van der Waals surface area contributed by atoms with Crippen LogP contribution >= 0.6 is 0 Å². The van der Waals surface area contributed by atoms with Crippen LogP contribution in [0.5, 0.6) is 0 Å². The van der Waals surface area contributed by atoms with Gasteiger partial charge in [0.05, 0.1) is 11.3 Å². The second-order valence-electron chi connectivity index (χ2n) is 4.20. The van der Waals surface area contributed by atoms with E-state index < -0.39 is 9.84 Å². The van der Waals surface area contributed by atoms with Gasteiger partial charge in [-0.25, -0.2) is 13.4 Å². The van der Waals surface area contributed by atoms with Crippen molar-refractivity contribution in [3.05, 3.63) is 23.5 Å². The minimum absolute atomic E-state index is 0.0804. The van der Waals surface area contributed by atoms with Crippen LogP contribution in [0, 0.1) is 11.3 Å². The number of carbonyl (C=O) groups excluding carboxylic acids is 1. The Hall–Kier alpha value is -1.94. The highest BCUT2D eigenvalue weighted by molar-refractivity contribution is 7.91. The lowest BCUT2D eigenvalue weighted by Crippen LogP contribution is -2.22. The van der Waals surface area contributed by atoms with Crippen molar-refractivity contribution in [2.75, 3.05) is 19.8 Å². The summed E-state index contributed by atoms with van der Waals surface area (Å²) < 4.78 is 24.1. The first kappa shape index (κ1) is 15.1. The van der Waals surface area contributed by atoms with Crippen LogP contribution in [0.3, 0.4) is 0 Å². The predicted molar refractivity (Wildman–Crippen MR) is 69.3 cm³/mol. The Morgan fingerprint density at radius 2 is 2.11 bits per heavy atom. The van der Waals surface area contributed by atoms with Gasteiger partial charge in [-0.1, -0.05) is 6.92 Å². The summed E-state index contributed by atoms with van der Waals surface area (Å²) in [5, 5.41) is 8.92. The molecule has 0 radical (unpaired) electrons. The van der Waals surface area contributed by atoms with Crippen molar-refractivity contribution in [1.82, 2.24) is 9.88 Å². The number of nitriles is 1. The fourth-order valence-corrected chi connectivity index (χ4v) is 2.98. The largest absolute Gasteiger partial charge is 0.345 e. The maximum absolute atomic E-state index is 12.0. The summed E-state index contributed by atoms with van der Waals surface area (Å²) in [7, 11) is -0.478. The number of hydrogen-bond donors (Lipinski definition) is 0. The summed E-state index contributed by atoms with van der Waals surface area (Å²) >= 11 is 0. The van der Waals surface area contributed by atoms with Gasteiger partial charge in [-0.15, -0.1) is 0 Å². The summed E-state index contributed by atoms with van der Waals surface area (Å²) in [6.45, 7) is 1.73. The van der Waals surface area contributed by atoms with Crippen LogP contribution < -0.4 is 0 Å². The molecule has 0 aliphatic heterocycles. The summed E-state index contributed by atoms with van der Waals surface area (Å²) in [6.07, 6.45) is 1.64. The van der Waals surface area contributed by atoms with Gasteiger partial charge in [-0.2, -0.15) is 5.26 Å². The van der Waals surface area contributed by atoms with Gasteiger partial charge in [0.2, 0.25) is 0 Å². The summed E-state index contributed by atoms with van der Waals surface area (Å²) in [6, 6.07) is 2.96. The molecule has 1 rings (SSSR count). The predicted octanol–water partition coefficient (Wildman–Crippen LogP) is 0.839. The van der Waals surface area contributed by atoms with Crippen molar-refractivity contribution in [3.63, 3.8) is 0 Å². The van der Waals surface area contributed by atoms with Gasteiger partial charge < -0.3 is 4.90 Å². The molecule has 1 amide bonds. The average Bonchev–Trinajstić information content (AvgIpc) is 2.36. The molecule has 1 aromatic heterocycles. The zero-order valence-electron chi connectivity index (χ0n) is 11.0. The van der Waals surface area contributed by atoms with Gasteiger partial charge in [0.15, 0.2) is 15.5 Å². The topological polar surface area (TPSA) is 91.1 Å². The number of pyridine rings is 1. The number of amides is 1. The molecule has 1 heterocycles. The van der Waals surface area contributed by atoms with Gasteiger partial charge in [-0.05, 0) is 12.5 Å². The molecule has 0 fully saturated rings. The van der Waals surface area contributed by atoms with Gasteiger partial charge in [0.1, 0.15) is 11.0 Å². The monoisotopic (exact) mass is 281 g/mol. The van der Waals surface area contributed by atoms with Crippen molar-refractivity contribution in [2.45, 2.75) is 18.2 Å². The molecule has 6 nitrogen and oxygen atoms in total. The molecule has 0 aliphatic rings. The Morgan fingerprint density at radius 3 is 2.58 bits per heavy atom. The molecule has 0 saturated carbocycles. The third-order valence-electron chi connectivity index (χ3n) is 2.42. The number of aromatic nitrogens is 1. The molecular weight excluding hydrogens is 266 g/mol. The number of rotatable bonds is 4. The molecular formula is C12H15N3O3S. The summed E-state index contributed by atoms with van der Waals surface area (Å²) in [5.74, 6) is -0.437. The maximum Gasteiger partial charge on any atom is 0.254 e. The van der Waals surface area contributed by atoms with Gasteiger partial charge >= 0.3 is 0 Å². The van der Waals surface area contributed by atoms with E-state index in [9.17, 15) is 13.2 Å². The van der Waals surface area contributed by atoms with E-state index in [4.69, 9.17) is 5.26 Å². The summed E-state index contributed by atoms with van der Waals surface area (Å²) in [5.41, 5.74) is -0.0255. The minimum Gasteiger partial charge on any atom is -0.345 e. The van der Waals surface area contributed by atoms with E-state index in [1.165, 1.54) is 17.2 Å². The molecule has 19 heavy (non-hydrogen) atoms. The van der Waals surface area contributed by atoms with Crippen LogP contribution in [0.25, 0.3) is 0 Å². The third-order valence-corrected chi connectivity index (χ3v) is 4.35. The van der Waals surface area contributed by atoms with Crippen molar-refractivity contribution < 1.29 is 13.2 Å². The zero-order valence-corrected chi connectivity index (χ0v) is 11.9. The second kappa shape index (κ2) is 5.80. The standard InChI is InChI=1S/C12H15N3O3S/c1-4-5-19(17,18)11-6-9(12(16)15(2)3)8-14-10(11)7-13/h6,8H,4-5H2,1-3H3. The lowest BCUT2D eigenvalue weighted by Gasteiger charge is -2.11. The highest BCUT2D eigenvalue weighted by atomic mass is 32.2. The van der Waals surface area contributed by atoms with E-state index in [-0.39, 0.29) is 27.8 Å². The molecule has 0 aliphatic carbocycles. The van der Waals surface area contributed by atoms with E-state index in [1.807, 2.05) is 0 Å². The molecule has 0 unspecified atom stereocenters. The number of sulfone groups is 1. The summed E-state index contributed by atoms with van der Waals surface area (Å²) in [4.78, 5) is 16.7. The van der Waals surface area contributed by atoms with Crippen LogP contribution in [-0.4, -0.2) is 44.1 Å². The van der Waals surface area contributed by atoms with Crippen LogP contribution in [0.15, 0.2) is 17.2 Å². The highest BCUT2D eigenvalue weighted by Crippen LogP contribution is 2.18. The fraction of sp³-hybridized carbons (Fsp3) is 0.417. The maximum atomic E-state index is 12.0. The molecule has 102 valence electrons. The van der Waals surface area contributed by atoms with Crippen molar-refractivity contribution >= 4 is 15.7 Å². The molecule has 0 spiro atoms. The van der Waals surface area contributed by atoms with E-state index in [0.717, 1.165) is 0 Å². The Bertz CT molecular complexity index is 630. The Morgan fingerprint density at radius 1 is 1.47 bits per heavy atom. The first-order valence-corrected chi connectivity index (χ1v) is 7.33. The minimum atomic E-state index is -3.59. The van der Waals surface area contributed by atoms with Gasteiger partial charge in [0, 0.05) is 20.3 Å². The molecule has 0 N–H and O–H groups in total. The zero-order chi connectivity index (χ0) is 14.6. The second-order valence-corrected chi connectivity index (χ2v) is 6.28. The number of hydrogen-bond acceptors (Lipinski definition) is 5. The molecule has 1 aromatic rings. The molecule has 0 atom stereocenters. The lowest BCUT2D eigenvalue weighted by atomic mass is 10.2. The molecule has 7 heteroatoms. The van der Waals surface area contributed by atoms with E-state index in [0.29, 0.717) is 6.42 Å². The molecule has 0 saturated heterocycles. The third kappa shape index (κ3) is 3.29. The molecule has 0 bridgehead atoms. The Labute approximate surface area is 112 Å². The Balaban J connectivity index is 3.42. The van der Waals surface area contributed by atoms with Crippen LogP contribution in [0.2, 0.25) is 0 Å². The molecule has 0 aromatic carbocycles. The van der Waals surface area contributed by atoms with E-state index >= 15 is 0 Å². The van der Waals surface area contributed by atoms with Crippen LogP contribution in [0.4, 0.5) is 0 Å². The smallest absolute Gasteiger partial charge is 0.254 e. The first-order valence-electron chi connectivity index (χ1n) is 5.68. The average molecular weight is 281 g/mol. The number of carbonyl (C=O) groups is 1. The van der Waals surface area contributed by atoms with Gasteiger partial charge in [0.25, 0.3) is 5.91 Å².